The van der Waals surface area contributed by atoms with Crippen molar-refractivity contribution in [1.29, 1.82) is 0 Å². The lowest BCUT2D eigenvalue weighted by molar-refractivity contribution is -0.169. The predicted octanol–water partition coefficient (Wildman–Crippen LogP) is -1.16. The third-order valence-corrected chi connectivity index (χ3v) is 1.72. The lowest BCUT2D eigenvalue weighted by Gasteiger charge is -2.12. The first kappa shape index (κ1) is 8.11. The zero-order chi connectivity index (χ0) is 9.10. The maximum absolute atomic E-state index is 11.4. The first-order chi connectivity index (χ1) is 6.36. The number of carbonyl (C=O) groups excluding carboxylic acids is 1. The van der Waals surface area contributed by atoms with Gasteiger partial charge in [0.1, 0.15) is 12.9 Å². The minimum Gasteiger partial charge on any atom is -0.271 e. The highest BCUT2D eigenvalue weighted by Crippen LogP contribution is 2.04. The molecule has 1 aromatic rings. The summed E-state index contributed by atoms with van der Waals surface area (Å²) in [5.41, 5.74) is 0. The SMILES string of the molecule is O=C(Cn1cnnn1)N1CCCO1. The van der Waals surface area contributed by atoms with Crippen LogP contribution in [0.5, 0.6) is 0 Å². The van der Waals surface area contributed by atoms with E-state index >= 15 is 0 Å². The topological polar surface area (TPSA) is 73.1 Å². The number of hydrogen-bond donors (Lipinski definition) is 0. The number of aromatic nitrogens is 4. The standard InChI is InChI=1S/C6H9N5O2/c12-6(11-2-1-3-13-11)4-10-5-7-8-9-10/h5H,1-4H2. The Hall–Kier alpha value is -1.50. The molecule has 0 radical (unpaired) electrons. The van der Waals surface area contributed by atoms with E-state index in [9.17, 15) is 4.79 Å². The van der Waals surface area contributed by atoms with Gasteiger partial charge in [-0.15, -0.1) is 5.10 Å². The molecule has 1 amide bonds. The van der Waals surface area contributed by atoms with E-state index in [2.05, 4.69) is 15.5 Å². The molecule has 2 rings (SSSR count). The van der Waals surface area contributed by atoms with E-state index in [0.29, 0.717) is 13.2 Å². The van der Waals surface area contributed by atoms with Crippen LogP contribution >= 0.6 is 0 Å². The molecule has 1 aliphatic heterocycles. The van der Waals surface area contributed by atoms with Gasteiger partial charge in [0, 0.05) is 0 Å². The minimum atomic E-state index is -0.121. The minimum absolute atomic E-state index is 0.121. The average molecular weight is 183 g/mol. The Morgan fingerprint density at radius 1 is 1.62 bits per heavy atom. The van der Waals surface area contributed by atoms with Crippen molar-refractivity contribution < 1.29 is 9.63 Å². The second kappa shape index (κ2) is 3.48. The van der Waals surface area contributed by atoms with Gasteiger partial charge in [-0.05, 0) is 16.8 Å². The van der Waals surface area contributed by atoms with Crippen LogP contribution in [0.4, 0.5) is 0 Å². The highest BCUT2D eigenvalue weighted by molar-refractivity contribution is 5.74. The molecule has 0 N–H and O–H groups in total. The smallest absolute Gasteiger partial charge is 0.267 e. The van der Waals surface area contributed by atoms with Crippen molar-refractivity contribution in [3.8, 4) is 0 Å². The van der Waals surface area contributed by atoms with Crippen LogP contribution in [0.1, 0.15) is 6.42 Å². The Labute approximate surface area is 74.2 Å². The third-order valence-electron chi connectivity index (χ3n) is 1.72. The maximum atomic E-state index is 11.4. The Bertz CT molecular complexity index is 279. The van der Waals surface area contributed by atoms with Crippen LogP contribution in [-0.2, 0) is 16.2 Å². The summed E-state index contributed by atoms with van der Waals surface area (Å²) in [6.45, 7) is 1.40. The molecule has 0 saturated carbocycles. The van der Waals surface area contributed by atoms with Crippen LogP contribution in [0.15, 0.2) is 6.33 Å². The van der Waals surface area contributed by atoms with Gasteiger partial charge in [0.25, 0.3) is 5.91 Å². The second-order valence-corrected chi connectivity index (χ2v) is 2.69. The van der Waals surface area contributed by atoms with Gasteiger partial charge in [0.05, 0.1) is 13.2 Å². The van der Waals surface area contributed by atoms with Gasteiger partial charge in [-0.2, -0.15) is 0 Å². The van der Waals surface area contributed by atoms with Gasteiger partial charge in [0.2, 0.25) is 0 Å². The van der Waals surface area contributed by atoms with Crippen LogP contribution in [0.2, 0.25) is 0 Å². The number of tetrazole rings is 1. The summed E-state index contributed by atoms with van der Waals surface area (Å²) in [5.74, 6) is -0.121. The molecule has 0 bridgehead atoms. The highest BCUT2D eigenvalue weighted by atomic mass is 16.7. The molecule has 7 heteroatoms. The number of rotatable bonds is 2. The van der Waals surface area contributed by atoms with E-state index < -0.39 is 0 Å². The second-order valence-electron chi connectivity index (χ2n) is 2.69. The summed E-state index contributed by atoms with van der Waals surface area (Å²) in [4.78, 5) is 16.5. The van der Waals surface area contributed by atoms with E-state index in [0.717, 1.165) is 6.42 Å². The van der Waals surface area contributed by atoms with Crippen molar-refractivity contribution in [1.82, 2.24) is 25.3 Å². The lowest BCUT2D eigenvalue weighted by atomic mass is 10.4. The molecular weight excluding hydrogens is 174 g/mol. The Morgan fingerprint density at radius 3 is 3.15 bits per heavy atom. The van der Waals surface area contributed by atoms with Crippen molar-refractivity contribution in [3.05, 3.63) is 6.33 Å². The molecule has 1 saturated heterocycles. The van der Waals surface area contributed by atoms with Crippen molar-refractivity contribution in [2.75, 3.05) is 13.2 Å². The molecule has 2 heterocycles. The van der Waals surface area contributed by atoms with Gasteiger partial charge in [-0.25, -0.2) is 9.75 Å². The summed E-state index contributed by atoms with van der Waals surface area (Å²) in [7, 11) is 0. The van der Waals surface area contributed by atoms with Gasteiger partial charge in [-0.3, -0.25) is 9.63 Å². The number of nitrogens with zero attached hydrogens (tertiary/aromatic N) is 5. The van der Waals surface area contributed by atoms with E-state index in [1.165, 1.54) is 16.1 Å². The van der Waals surface area contributed by atoms with Gasteiger partial charge in [-0.1, -0.05) is 0 Å². The summed E-state index contributed by atoms with van der Waals surface area (Å²) >= 11 is 0. The summed E-state index contributed by atoms with van der Waals surface area (Å²) in [6.07, 6.45) is 2.29. The molecule has 7 nitrogen and oxygen atoms in total. The highest BCUT2D eigenvalue weighted by Gasteiger charge is 2.19. The predicted molar refractivity (Wildman–Crippen MR) is 40.1 cm³/mol. The van der Waals surface area contributed by atoms with Gasteiger partial charge in [0.15, 0.2) is 0 Å². The average Bonchev–Trinajstić information content (AvgIpc) is 2.74. The van der Waals surface area contributed by atoms with Crippen molar-refractivity contribution in [2.24, 2.45) is 0 Å². The summed E-state index contributed by atoms with van der Waals surface area (Å²) < 4.78 is 1.37. The molecule has 0 spiro atoms. The fourth-order valence-corrected chi connectivity index (χ4v) is 1.11. The maximum Gasteiger partial charge on any atom is 0.267 e. The molecule has 0 atom stereocenters. The molecule has 1 fully saturated rings. The first-order valence-corrected chi connectivity index (χ1v) is 4.00. The lowest BCUT2D eigenvalue weighted by Crippen LogP contribution is -2.30. The quantitative estimate of drug-likeness (QED) is 0.578. The van der Waals surface area contributed by atoms with E-state index in [-0.39, 0.29) is 12.5 Å². The van der Waals surface area contributed by atoms with Crippen LogP contribution in [0.3, 0.4) is 0 Å². The Kier molecular flexibility index (Phi) is 2.17. The summed E-state index contributed by atoms with van der Waals surface area (Å²) in [5, 5.41) is 11.8. The zero-order valence-electron chi connectivity index (χ0n) is 6.96. The van der Waals surface area contributed by atoms with Crippen LogP contribution in [0, 0.1) is 0 Å². The number of amides is 1. The van der Waals surface area contributed by atoms with Crippen LogP contribution < -0.4 is 0 Å². The van der Waals surface area contributed by atoms with Crippen LogP contribution in [-0.4, -0.2) is 44.3 Å². The van der Waals surface area contributed by atoms with Crippen molar-refractivity contribution >= 4 is 5.91 Å². The monoisotopic (exact) mass is 183 g/mol. The zero-order valence-corrected chi connectivity index (χ0v) is 6.96. The molecule has 0 unspecified atom stereocenters. The molecule has 13 heavy (non-hydrogen) atoms. The molecule has 1 aromatic heterocycles. The molecule has 1 aliphatic rings. The Morgan fingerprint density at radius 2 is 2.54 bits per heavy atom. The van der Waals surface area contributed by atoms with E-state index in [1.807, 2.05) is 0 Å². The third kappa shape index (κ3) is 1.81. The van der Waals surface area contributed by atoms with Gasteiger partial charge < -0.3 is 0 Å². The summed E-state index contributed by atoms with van der Waals surface area (Å²) in [6, 6.07) is 0. The van der Waals surface area contributed by atoms with E-state index in [1.54, 1.807) is 0 Å². The molecule has 0 aromatic carbocycles. The Balaban J connectivity index is 1.91. The van der Waals surface area contributed by atoms with Crippen molar-refractivity contribution in [3.63, 3.8) is 0 Å². The van der Waals surface area contributed by atoms with Crippen molar-refractivity contribution in [2.45, 2.75) is 13.0 Å². The fraction of sp³-hybridized carbons (Fsp3) is 0.667. The number of carbonyl (C=O) groups is 1. The number of hydrogen-bond acceptors (Lipinski definition) is 5. The molecular formula is C6H9N5O2. The number of hydroxylamine groups is 2. The van der Waals surface area contributed by atoms with E-state index in [4.69, 9.17) is 4.84 Å². The fourth-order valence-electron chi connectivity index (χ4n) is 1.11. The van der Waals surface area contributed by atoms with Crippen LogP contribution in [0.25, 0.3) is 0 Å². The molecule has 0 aliphatic carbocycles. The largest absolute Gasteiger partial charge is 0.271 e. The van der Waals surface area contributed by atoms with Gasteiger partial charge >= 0.3 is 0 Å². The normalized spacial score (nSPS) is 16.5. The molecule has 70 valence electrons. The first-order valence-electron chi connectivity index (χ1n) is 4.00.